The van der Waals surface area contributed by atoms with Gasteiger partial charge in [0.25, 0.3) is 5.91 Å². The minimum atomic E-state index is 0.0241. The first kappa shape index (κ1) is 19.8. The van der Waals surface area contributed by atoms with Gasteiger partial charge in [-0.25, -0.2) is 0 Å². The molecule has 154 valence electrons. The van der Waals surface area contributed by atoms with E-state index in [4.69, 9.17) is 9.47 Å². The third kappa shape index (κ3) is 4.56. The number of hydrogen-bond donors (Lipinski definition) is 2. The van der Waals surface area contributed by atoms with Gasteiger partial charge in [-0.05, 0) is 55.5 Å². The standard InChI is InChI=1S/C24H30N2O3/c1-3-29-23-12-6-18(7-13-23)24(27)25-19-14-20-8-9-21(15-19)26(20)16-17-4-10-22(28-2)11-5-17/h4-7,10-13,19-21H,3,8-9,14-16H2,1-2H3,(H,25,27)/p+1/t19?,20-,21+. The lowest BCUT2D eigenvalue weighted by molar-refractivity contribution is -0.954. The number of piperidine rings is 1. The summed E-state index contributed by atoms with van der Waals surface area (Å²) in [6, 6.07) is 17.4. The molecule has 2 aromatic carbocycles. The molecular weight excluding hydrogens is 364 g/mol. The fourth-order valence-electron chi connectivity index (χ4n) is 4.95. The summed E-state index contributed by atoms with van der Waals surface area (Å²) >= 11 is 0. The Labute approximate surface area is 173 Å². The van der Waals surface area contributed by atoms with Crippen molar-refractivity contribution < 1.29 is 19.2 Å². The zero-order valence-corrected chi connectivity index (χ0v) is 17.3. The smallest absolute Gasteiger partial charge is 0.251 e. The number of benzene rings is 2. The van der Waals surface area contributed by atoms with Crippen molar-refractivity contribution in [2.24, 2.45) is 0 Å². The summed E-state index contributed by atoms with van der Waals surface area (Å²) < 4.78 is 10.7. The Morgan fingerprint density at radius 2 is 1.62 bits per heavy atom. The van der Waals surface area contributed by atoms with E-state index in [0.29, 0.717) is 24.3 Å². The van der Waals surface area contributed by atoms with Crippen LogP contribution in [0.4, 0.5) is 0 Å². The van der Waals surface area contributed by atoms with Gasteiger partial charge < -0.3 is 19.7 Å². The molecule has 0 aromatic heterocycles. The normalized spacial score (nSPS) is 25.4. The second kappa shape index (κ2) is 8.87. The minimum Gasteiger partial charge on any atom is -0.497 e. The maximum Gasteiger partial charge on any atom is 0.251 e. The van der Waals surface area contributed by atoms with Crippen LogP contribution in [0.15, 0.2) is 48.5 Å². The lowest BCUT2D eigenvalue weighted by atomic mass is 9.96. The van der Waals surface area contributed by atoms with Crippen molar-refractivity contribution in [1.29, 1.82) is 0 Å². The lowest BCUT2D eigenvalue weighted by Gasteiger charge is -2.36. The van der Waals surface area contributed by atoms with Crippen LogP contribution in [-0.4, -0.2) is 37.7 Å². The zero-order valence-electron chi connectivity index (χ0n) is 17.3. The monoisotopic (exact) mass is 395 g/mol. The van der Waals surface area contributed by atoms with Gasteiger partial charge in [-0.1, -0.05) is 0 Å². The van der Waals surface area contributed by atoms with Crippen LogP contribution in [0.5, 0.6) is 11.5 Å². The molecular formula is C24H31N2O3+. The van der Waals surface area contributed by atoms with Gasteiger partial charge in [-0.2, -0.15) is 0 Å². The number of quaternary nitrogens is 1. The van der Waals surface area contributed by atoms with Crippen molar-refractivity contribution in [3.8, 4) is 11.5 Å². The van der Waals surface area contributed by atoms with Crippen molar-refractivity contribution in [2.45, 2.75) is 57.3 Å². The predicted molar refractivity (Wildman–Crippen MR) is 113 cm³/mol. The Bertz CT molecular complexity index is 805. The third-order valence-electron chi connectivity index (χ3n) is 6.38. The SMILES string of the molecule is CCOc1ccc(C(=O)NC2C[C@H]3CC[C@@H](C2)[NH+]3Cc2ccc(OC)cc2)cc1. The largest absolute Gasteiger partial charge is 0.497 e. The first-order valence-corrected chi connectivity index (χ1v) is 10.7. The second-order valence-corrected chi connectivity index (χ2v) is 8.17. The molecule has 5 heteroatoms. The van der Waals surface area contributed by atoms with Gasteiger partial charge in [0.15, 0.2) is 0 Å². The maximum atomic E-state index is 12.7. The average molecular weight is 396 g/mol. The van der Waals surface area contributed by atoms with Crippen LogP contribution in [0, 0.1) is 0 Å². The van der Waals surface area contributed by atoms with Crippen molar-refractivity contribution in [3.05, 3.63) is 59.7 Å². The van der Waals surface area contributed by atoms with Gasteiger partial charge in [0, 0.05) is 42.9 Å². The number of hydrogen-bond acceptors (Lipinski definition) is 3. The van der Waals surface area contributed by atoms with Gasteiger partial charge in [0.1, 0.15) is 18.0 Å². The number of ether oxygens (including phenoxy) is 2. The molecule has 2 saturated heterocycles. The zero-order chi connectivity index (χ0) is 20.2. The van der Waals surface area contributed by atoms with E-state index >= 15 is 0 Å². The van der Waals surface area contributed by atoms with Crippen LogP contribution in [0.3, 0.4) is 0 Å². The molecule has 2 unspecified atom stereocenters. The topological polar surface area (TPSA) is 52.0 Å². The fourth-order valence-corrected chi connectivity index (χ4v) is 4.95. The van der Waals surface area contributed by atoms with E-state index in [1.165, 1.54) is 18.4 Å². The summed E-state index contributed by atoms with van der Waals surface area (Å²) in [7, 11) is 1.70. The van der Waals surface area contributed by atoms with Crippen molar-refractivity contribution >= 4 is 5.91 Å². The molecule has 2 fully saturated rings. The van der Waals surface area contributed by atoms with E-state index in [9.17, 15) is 4.79 Å². The second-order valence-electron chi connectivity index (χ2n) is 8.17. The Kier molecular flexibility index (Phi) is 6.05. The van der Waals surface area contributed by atoms with Crippen molar-refractivity contribution in [1.82, 2.24) is 5.32 Å². The predicted octanol–water partition coefficient (Wildman–Crippen LogP) is 2.60. The molecule has 2 bridgehead atoms. The third-order valence-corrected chi connectivity index (χ3v) is 6.38. The Balaban J connectivity index is 1.34. The average Bonchev–Trinajstić information content (AvgIpc) is 2.97. The summed E-state index contributed by atoms with van der Waals surface area (Å²) in [4.78, 5) is 14.4. The first-order valence-electron chi connectivity index (χ1n) is 10.7. The van der Waals surface area contributed by atoms with Crippen LogP contribution >= 0.6 is 0 Å². The van der Waals surface area contributed by atoms with Gasteiger partial charge in [-0.3, -0.25) is 4.79 Å². The molecule has 4 rings (SSSR count). The Hall–Kier alpha value is -2.53. The summed E-state index contributed by atoms with van der Waals surface area (Å²) in [5.41, 5.74) is 2.06. The number of carbonyl (C=O) groups is 1. The lowest BCUT2D eigenvalue weighted by Crippen LogP contribution is -3.17. The van der Waals surface area contributed by atoms with Gasteiger partial charge in [-0.15, -0.1) is 0 Å². The van der Waals surface area contributed by atoms with Crippen LogP contribution in [0.2, 0.25) is 0 Å². The molecule has 29 heavy (non-hydrogen) atoms. The molecule has 0 aliphatic carbocycles. The minimum absolute atomic E-state index is 0.0241. The molecule has 5 nitrogen and oxygen atoms in total. The van der Waals surface area contributed by atoms with Crippen LogP contribution in [0.25, 0.3) is 0 Å². The highest BCUT2D eigenvalue weighted by molar-refractivity contribution is 5.94. The van der Waals surface area contributed by atoms with E-state index < -0.39 is 0 Å². The highest BCUT2D eigenvalue weighted by Gasteiger charge is 2.44. The van der Waals surface area contributed by atoms with Crippen molar-refractivity contribution in [2.75, 3.05) is 13.7 Å². The summed E-state index contributed by atoms with van der Waals surface area (Å²) in [6.07, 6.45) is 4.63. The fraction of sp³-hybridized carbons (Fsp3) is 0.458. The number of nitrogens with one attached hydrogen (secondary N) is 2. The van der Waals surface area contributed by atoms with Gasteiger partial charge >= 0.3 is 0 Å². The molecule has 2 aliphatic rings. The molecule has 2 N–H and O–H groups in total. The summed E-state index contributed by atoms with van der Waals surface area (Å²) in [5, 5.41) is 3.28. The van der Waals surface area contributed by atoms with E-state index in [-0.39, 0.29) is 11.9 Å². The number of rotatable bonds is 7. The molecule has 1 amide bonds. The Morgan fingerprint density at radius 3 is 2.21 bits per heavy atom. The molecule has 0 saturated carbocycles. The number of fused-ring (bicyclic) bond motifs is 2. The van der Waals surface area contributed by atoms with Crippen molar-refractivity contribution in [3.63, 3.8) is 0 Å². The number of amides is 1. The van der Waals surface area contributed by atoms with E-state index in [1.807, 2.05) is 43.3 Å². The number of methoxy groups -OCH3 is 1. The van der Waals surface area contributed by atoms with Crippen LogP contribution in [-0.2, 0) is 6.54 Å². The van der Waals surface area contributed by atoms with E-state index in [1.54, 1.807) is 12.0 Å². The van der Waals surface area contributed by atoms with E-state index in [2.05, 4.69) is 17.4 Å². The van der Waals surface area contributed by atoms with Gasteiger partial charge in [0.05, 0.1) is 25.8 Å². The van der Waals surface area contributed by atoms with E-state index in [0.717, 1.165) is 30.9 Å². The van der Waals surface area contributed by atoms with Gasteiger partial charge in [0.2, 0.25) is 0 Å². The highest BCUT2D eigenvalue weighted by Crippen LogP contribution is 2.24. The quantitative estimate of drug-likeness (QED) is 0.758. The molecule has 2 aromatic rings. The molecule has 4 atom stereocenters. The maximum absolute atomic E-state index is 12.7. The molecule has 2 heterocycles. The van der Waals surface area contributed by atoms with Crippen LogP contribution in [0.1, 0.15) is 48.5 Å². The number of carbonyl (C=O) groups excluding carboxylic acids is 1. The summed E-state index contributed by atoms with van der Waals surface area (Å²) in [6.45, 7) is 3.64. The molecule has 0 spiro atoms. The Morgan fingerprint density at radius 1 is 1.00 bits per heavy atom. The van der Waals surface area contributed by atoms with Crippen LogP contribution < -0.4 is 19.7 Å². The molecule has 2 aliphatic heterocycles. The molecule has 0 radical (unpaired) electrons. The summed E-state index contributed by atoms with van der Waals surface area (Å²) in [5.74, 6) is 1.73. The first-order chi connectivity index (χ1) is 14.2. The highest BCUT2D eigenvalue weighted by atomic mass is 16.5.